The van der Waals surface area contributed by atoms with Gasteiger partial charge in [-0.1, -0.05) is 85.6 Å². The van der Waals surface area contributed by atoms with Crippen LogP contribution in [0.5, 0.6) is 0 Å². The maximum atomic E-state index is 14.4. The number of thiazole rings is 1. The highest BCUT2D eigenvalue weighted by molar-refractivity contribution is 7.09. The monoisotopic (exact) mass is 1340 g/mol. The summed E-state index contributed by atoms with van der Waals surface area (Å²) in [6.07, 6.45) is 5.19. The molecule has 95 heavy (non-hydrogen) atoms. The second-order valence-corrected chi connectivity index (χ2v) is 26.4. The number of unbranched alkanes of at least 4 members (excludes halogenated alkanes) is 2. The molecule has 27 nitrogen and oxygen atoms in total. The first kappa shape index (κ1) is 76.9. The number of carboxylic acids is 1. The number of nitrogens with two attached hydrogens (primary N) is 1. The number of aromatic nitrogens is 1. The molecule has 10 N–H and O–H groups in total. The van der Waals surface area contributed by atoms with Crippen molar-refractivity contribution in [2.75, 3.05) is 44.4 Å². The second kappa shape index (κ2) is 36.8. The Labute approximate surface area is 559 Å². The zero-order valence-electron chi connectivity index (χ0n) is 56.4. The lowest BCUT2D eigenvalue weighted by Crippen LogP contribution is -2.60. The van der Waals surface area contributed by atoms with Crippen molar-refractivity contribution in [1.82, 2.24) is 46.3 Å². The number of ether oxygens (including phenoxy) is 2. The van der Waals surface area contributed by atoms with Gasteiger partial charge in [0.25, 0.3) is 17.7 Å². The number of nitrogens with zero attached hydrogens (tertiary/aromatic N) is 4. The molecule has 0 bridgehead atoms. The van der Waals surface area contributed by atoms with Crippen LogP contribution in [-0.2, 0) is 65.7 Å². The third-order valence-corrected chi connectivity index (χ3v) is 18.3. The quantitative estimate of drug-likeness (QED) is 0.0173. The Hall–Kier alpha value is -8.79. The highest BCUT2D eigenvalue weighted by Crippen LogP contribution is 2.33. The van der Waals surface area contributed by atoms with Crippen molar-refractivity contribution in [1.29, 1.82) is 0 Å². The number of anilines is 2. The van der Waals surface area contributed by atoms with E-state index < -0.39 is 89.6 Å². The summed E-state index contributed by atoms with van der Waals surface area (Å²) in [5, 5.41) is 31.2. The highest BCUT2D eigenvalue weighted by Gasteiger charge is 2.44. The second-order valence-electron chi connectivity index (χ2n) is 25.5. The number of likely N-dealkylation sites (N-methyl/N-ethyl adjacent to an activating group) is 2. The molecule has 0 radical (unpaired) electrons. The number of carbonyl (C=O) groups is 12. The van der Waals surface area contributed by atoms with Crippen molar-refractivity contribution in [3.63, 3.8) is 0 Å². The number of carboxylic acid groups (broad SMARTS) is 1. The summed E-state index contributed by atoms with van der Waals surface area (Å²) in [6, 6.07) is 8.24. The summed E-state index contributed by atoms with van der Waals surface area (Å²) < 4.78 is 11.3. The number of rotatable bonds is 37. The van der Waals surface area contributed by atoms with Crippen molar-refractivity contribution in [2.45, 2.75) is 188 Å². The summed E-state index contributed by atoms with van der Waals surface area (Å²) in [4.78, 5) is 165. The number of imide groups is 1. The van der Waals surface area contributed by atoms with Gasteiger partial charge in [-0.2, -0.15) is 0 Å². The first-order valence-electron chi connectivity index (χ1n) is 32.4. The molecule has 0 spiro atoms. The standard InChI is InChI=1S/C67H96N12O15S/c1-12-41(6)57(76-64(90)67(9)30-17-32-77(67)10)62(87)78(11)51(39(2)3)36-52(94-43(8)80)61-74-50(38-95-61)59(85)71-48(34-42(7)63(88)89)35-44-20-24-47(25-21-44)72-66(92)93-37-45-22-26-46(27-23-45)70-58(84)49(18-16-31-69-65(68)91)73-60(86)56(40(4)5)75-53(81)19-14-13-15-33-79-54(82)28-29-55(79)83/h20-29,38-42,48-49,51-52,56-57H,12-19,30-37H2,1-11H3,(H,70,84)(H,71,85)(H,72,92)(H,73,86)(H,75,81)(H,76,90)(H,88,89)(H3,68,69,91). The predicted octanol–water partition coefficient (Wildman–Crippen LogP) is 6.33. The van der Waals surface area contributed by atoms with E-state index in [0.717, 1.165) is 29.2 Å². The van der Waals surface area contributed by atoms with Gasteiger partial charge in [-0.15, -0.1) is 11.3 Å². The van der Waals surface area contributed by atoms with Gasteiger partial charge in [-0.25, -0.2) is 14.6 Å². The molecular weight excluding hydrogens is 1240 g/mol. The first-order valence-corrected chi connectivity index (χ1v) is 33.3. The molecule has 11 amide bonds. The first-order chi connectivity index (χ1) is 44.9. The fraction of sp³-hybridized carbons (Fsp3) is 0.567. The summed E-state index contributed by atoms with van der Waals surface area (Å²) in [6.45, 7) is 16.9. The number of primary amides is 1. The molecule has 5 rings (SSSR count). The van der Waals surface area contributed by atoms with Crippen LogP contribution in [0, 0.1) is 23.7 Å². The molecule has 0 aliphatic carbocycles. The number of nitrogens with one attached hydrogen (secondary N) is 7. The van der Waals surface area contributed by atoms with E-state index in [4.69, 9.17) is 15.2 Å². The van der Waals surface area contributed by atoms with E-state index in [0.29, 0.717) is 59.6 Å². The van der Waals surface area contributed by atoms with Gasteiger partial charge in [0.2, 0.25) is 29.5 Å². The van der Waals surface area contributed by atoms with Gasteiger partial charge >= 0.3 is 24.1 Å². The van der Waals surface area contributed by atoms with Crippen LogP contribution in [0.4, 0.5) is 21.0 Å². The maximum absolute atomic E-state index is 14.4. The summed E-state index contributed by atoms with van der Waals surface area (Å²) in [5.41, 5.74) is 6.48. The zero-order chi connectivity index (χ0) is 70.3. The molecule has 2 aliphatic heterocycles. The molecule has 1 aromatic heterocycles. The van der Waals surface area contributed by atoms with Gasteiger partial charge < -0.3 is 57.1 Å². The number of likely N-dealkylation sites (tertiary alicyclic amines) is 1. The van der Waals surface area contributed by atoms with Crippen LogP contribution in [0.15, 0.2) is 66.1 Å². The Kier molecular flexibility index (Phi) is 29.8. The number of hydrogen-bond donors (Lipinski definition) is 9. The Bertz CT molecular complexity index is 3190. The Morgan fingerprint density at radius 3 is 2.01 bits per heavy atom. The molecule has 9 unspecified atom stereocenters. The van der Waals surface area contributed by atoms with Gasteiger partial charge in [0.1, 0.15) is 35.4 Å². The third-order valence-electron chi connectivity index (χ3n) is 17.4. The minimum Gasteiger partial charge on any atom is -0.481 e. The molecule has 3 heterocycles. The van der Waals surface area contributed by atoms with E-state index in [1.165, 1.54) is 31.4 Å². The minimum absolute atomic E-state index is 0.0121. The molecule has 0 saturated carbocycles. The highest BCUT2D eigenvalue weighted by atomic mass is 32.1. The van der Waals surface area contributed by atoms with Crippen molar-refractivity contribution in [3.05, 3.63) is 87.9 Å². The molecule has 520 valence electrons. The van der Waals surface area contributed by atoms with E-state index in [1.54, 1.807) is 74.3 Å². The zero-order valence-corrected chi connectivity index (χ0v) is 57.2. The maximum Gasteiger partial charge on any atom is 0.411 e. The Morgan fingerprint density at radius 1 is 0.789 bits per heavy atom. The van der Waals surface area contributed by atoms with E-state index in [1.807, 2.05) is 46.6 Å². The van der Waals surface area contributed by atoms with Crippen molar-refractivity contribution in [3.8, 4) is 0 Å². The molecule has 2 aliphatic rings. The number of carbonyl (C=O) groups excluding carboxylic acids is 11. The van der Waals surface area contributed by atoms with E-state index in [2.05, 4.69) is 42.2 Å². The molecule has 1 fully saturated rings. The Morgan fingerprint density at radius 2 is 1.43 bits per heavy atom. The van der Waals surface area contributed by atoms with E-state index >= 15 is 0 Å². The topological polar surface area (TPSA) is 376 Å². The van der Waals surface area contributed by atoms with E-state index in [9.17, 15) is 62.6 Å². The molecule has 28 heteroatoms. The normalized spacial score (nSPS) is 17.1. The van der Waals surface area contributed by atoms with Crippen LogP contribution in [0.25, 0.3) is 0 Å². The fourth-order valence-electron chi connectivity index (χ4n) is 11.2. The number of aliphatic carboxylic acids is 1. The fourth-order valence-corrected chi connectivity index (χ4v) is 12.0. The Balaban J connectivity index is 1.15. The summed E-state index contributed by atoms with van der Waals surface area (Å²) >= 11 is 1.10. The molecule has 2 aromatic carbocycles. The average molecular weight is 1340 g/mol. The van der Waals surface area contributed by atoms with Gasteiger partial charge in [-0.05, 0) is 125 Å². The van der Waals surface area contributed by atoms with Gasteiger partial charge in [0.05, 0.1) is 11.5 Å². The van der Waals surface area contributed by atoms with Crippen LogP contribution in [0.1, 0.15) is 166 Å². The molecular formula is C67H96N12O15S. The number of urea groups is 1. The largest absolute Gasteiger partial charge is 0.481 e. The number of hydrogen-bond acceptors (Lipinski definition) is 17. The summed E-state index contributed by atoms with van der Waals surface area (Å²) in [7, 11) is 3.58. The van der Waals surface area contributed by atoms with Gasteiger partial charge in [0.15, 0.2) is 6.10 Å². The molecule has 9 atom stereocenters. The lowest BCUT2D eigenvalue weighted by Gasteiger charge is -2.38. The SMILES string of the molecule is CCC(C)C(NC(=O)C1(C)CCCN1C)C(=O)N(C)C(CC(OC(C)=O)c1nc(C(=O)NC(Cc2ccc(NC(=O)OCc3ccc(NC(=O)C(CCCNC(N)=O)NC(=O)C(NC(=O)CCCCCN4C(=O)C=CC4=O)C(C)C)cc3)cc2)CC(C)C(=O)O)cs1)C(C)C. The smallest absolute Gasteiger partial charge is 0.411 e. The van der Waals surface area contributed by atoms with Crippen LogP contribution in [0.3, 0.4) is 0 Å². The van der Waals surface area contributed by atoms with Crippen LogP contribution < -0.4 is 43.0 Å². The average Bonchev–Trinajstić information content (AvgIpc) is 1.76. The van der Waals surface area contributed by atoms with Crippen LogP contribution >= 0.6 is 11.3 Å². The van der Waals surface area contributed by atoms with Crippen LogP contribution in [-0.4, -0.2) is 166 Å². The lowest BCUT2D eigenvalue weighted by molar-refractivity contribution is -0.149. The van der Waals surface area contributed by atoms with Gasteiger partial charge in [0, 0.05) is 80.9 Å². The number of esters is 1. The van der Waals surface area contributed by atoms with Crippen molar-refractivity contribution in [2.24, 2.45) is 29.4 Å². The van der Waals surface area contributed by atoms with Gasteiger partial charge in [-0.3, -0.25) is 63.1 Å². The molecule has 3 aromatic rings. The van der Waals surface area contributed by atoms with Crippen molar-refractivity contribution < 1.29 is 72.1 Å². The number of benzene rings is 2. The van der Waals surface area contributed by atoms with E-state index in [-0.39, 0.29) is 111 Å². The lowest BCUT2D eigenvalue weighted by atomic mass is 9.91. The van der Waals surface area contributed by atoms with Crippen molar-refractivity contribution >= 4 is 94.0 Å². The predicted molar refractivity (Wildman–Crippen MR) is 356 cm³/mol. The molecule has 1 saturated heterocycles. The summed E-state index contributed by atoms with van der Waals surface area (Å²) in [5.74, 6) is -6.60. The number of amides is 11. The van der Waals surface area contributed by atoms with Crippen LogP contribution in [0.2, 0.25) is 0 Å². The minimum atomic E-state index is -1.10. The third kappa shape index (κ3) is 23.6.